The van der Waals surface area contributed by atoms with Crippen molar-refractivity contribution in [1.82, 2.24) is 0 Å². The zero-order valence-electron chi connectivity index (χ0n) is 27.4. The maximum Gasteiger partial charge on any atom is -1.00 e. The molecular formula is C40H44Cl2SiZr. The standard InChI is InChI=1S/C21H25.C14H14Si.C5H5.2ClH.Zr/c1-20(2,3)16-9-7-14-11-15-8-10-17(21(4,5)6)13-19(15)18(14)12-16;1-11-5-3-7-13(9-11)15-14-8-4-6-12(2)10-14;1-2-4-5-3-1;;;/h7-13H,1-6H3;3-10H,1-2H3;1-3H,4H2;2*1H;/q;;;;;+2/p-2. The molecule has 2 aliphatic rings. The summed E-state index contributed by atoms with van der Waals surface area (Å²) in [5.41, 5.74) is 11.0. The third-order valence-corrected chi connectivity index (χ3v) is 28.8. The van der Waals surface area contributed by atoms with Gasteiger partial charge in [0.05, 0.1) is 0 Å². The number of fused-ring (bicyclic) bond motifs is 3. The van der Waals surface area contributed by atoms with E-state index < -0.39 is 25.8 Å². The van der Waals surface area contributed by atoms with Crippen LogP contribution >= 0.6 is 0 Å². The second-order valence-corrected chi connectivity index (χ2v) is 28.2. The van der Waals surface area contributed by atoms with E-state index in [0.29, 0.717) is 3.63 Å². The molecule has 2 aliphatic carbocycles. The van der Waals surface area contributed by atoms with Gasteiger partial charge in [0.25, 0.3) is 0 Å². The molecule has 4 aromatic rings. The Balaban J connectivity index is 0.00000221. The van der Waals surface area contributed by atoms with E-state index in [-0.39, 0.29) is 35.6 Å². The van der Waals surface area contributed by atoms with Crippen LogP contribution in [-0.2, 0) is 31.2 Å². The Kier molecular flexibility index (Phi) is 10.6. The largest absolute Gasteiger partial charge is 1.00 e. The smallest absolute Gasteiger partial charge is 1.00 e. The van der Waals surface area contributed by atoms with Crippen molar-refractivity contribution in [2.75, 3.05) is 0 Å². The molecule has 0 saturated carbocycles. The van der Waals surface area contributed by atoms with Crippen LogP contribution in [0.1, 0.15) is 85.0 Å². The zero-order chi connectivity index (χ0) is 29.8. The van der Waals surface area contributed by atoms with E-state index in [9.17, 15) is 0 Å². The van der Waals surface area contributed by atoms with Gasteiger partial charge < -0.3 is 24.8 Å². The predicted octanol–water partition coefficient (Wildman–Crippen LogP) is 3.24. The number of hydrogen-bond acceptors (Lipinski definition) is 0. The second kappa shape index (κ2) is 13.4. The Morgan fingerprint density at radius 3 is 1.50 bits per heavy atom. The molecule has 0 nitrogen and oxygen atoms in total. The molecule has 44 heavy (non-hydrogen) atoms. The first-order chi connectivity index (χ1) is 19.9. The van der Waals surface area contributed by atoms with Crippen LogP contribution in [0.4, 0.5) is 0 Å². The molecule has 0 aromatic heterocycles. The summed E-state index contributed by atoms with van der Waals surface area (Å²) in [6, 6.07) is 34.1. The Bertz CT molecular complexity index is 1690. The molecule has 0 N–H and O–H groups in total. The molecule has 6 rings (SSSR count). The van der Waals surface area contributed by atoms with Crippen molar-refractivity contribution in [3.05, 3.63) is 140 Å². The van der Waals surface area contributed by atoms with E-state index in [4.69, 9.17) is 0 Å². The van der Waals surface area contributed by atoms with E-state index in [1.165, 1.54) is 33.4 Å². The summed E-state index contributed by atoms with van der Waals surface area (Å²) < 4.78 is 2.29. The average molecular weight is 715 g/mol. The fourth-order valence-corrected chi connectivity index (χ4v) is 29.0. The summed E-state index contributed by atoms with van der Waals surface area (Å²) in [6.07, 6.45) is 8.39. The van der Waals surface area contributed by atoms with Crippen molar-refractivity contribution in [3.8, 4) is 11.1 Å². The molecule has 0 spiro atoms. The Hall–Kier alpha value is -1.96. The van der Waals surface area contributed by atoms with Crippen LogP contribution in [0.2, 0.25) is 0 Å². The van der Waals surface area contributed by atoms with Crippen molar-refractivity contribution < 1.29 is 45.2 Å². The first-order valence-corrected chi connectivity index (χ1v) is 23.3. The molecule has 0 unspecified atom stereocenters. The van der Waals surface area contributed by atoms with Crippen LogP contribution in [0.15, 0.2) is 106 Å². The molecule has 0 heterocycles. The predicted molar refractivity (Wildman–Crippen MR) is 180 cm³/mol. The summed E-state index contributed by atoms with van der Waals surface area (Å²) >= 11 is -2.48. The van der Waals surface area contributed by atoms with Gasteiger partial charge in [-0.3, -0.25) is 0 Å². The monoisotopic (exact) mass is 712 g/mol. The molecule has 0 atom stereocenters. The first-order valence-electron chi connectivity index (χ1n) is 15.5. The zero-order valence-corrected chi connectivity index (χ0v) is 32.3. The van der Waals surface area contributed by atoms with E-state index >= 15 is 0 Å². The molecule has 0 radical (unpaired) electrons. The summed E-state index contributed by atoms with van der Waals surface area (Å²) in [6.45, 7) is 18.6. The maximum absolute atomic E-state index is 2.55. The Labute approximate surface area is 286 Å². The van der Waals surface area contributed by atoms with Crippen molar-refractivity contribution in [1.29, 1.82) is 0 Å². The van der Waals surface area contributed by atoms with Crippen molar-refractivity contribution >= 4 is 15.8 Å². The molecule has 226 valence electrons. The van der Waals surface area contributed by atoms with E-state index in [1.54, 1.807) is 24.8 Å². The van der Waals surface area contributed by atoms with Crippen LogP contribution in [0.5, 0.6) is 0 Å². The fourth-order valence-electron chi connectivity index (χ4n) is 6.71. The van der Waals surface area contributed by atoms with Gasteiger partial charge in [-0.05, 0) is 0 Å². The van der Waals surface area contributed by atoms with E-state index in [1.807, 2.05) is 0 Å². The van der Waals surface area contributed by atoms with E-state index in [0.717, 1.165) is 6.42 Å². The van der Waals surface area contributed by atoms with Gasteiger partial charge in [-0.2, -0.15) is 0 Å². The topological polar surface area (TPSA) is 0 Å². The fraction of sp³-hybridized carbons (Fsp3) is 0.300. The summed E-state index contributed by atoms with van der Waals surface area (Å²) in [7, 11) is 0. The minimum atomic E-state index is -2.48. The van der Waals surface area contributed by atoms with Gasteiger partial charge in [0.1, 0.15) is 0 Å². The van der Waals surface area contributed by atoms with Gasteiger partial charge in [0.2, 0.25) is 0 Å². The van der Waals surface area contributed by atoms with Crippen LogP contribution in [0.25, 0.3) is 11.1 Å². The van der Waals surface area contributed by atoms with Crippen LogP contribution in [-0.4, -0.2) is 5.43 Å². The van der Waals surface area contributed by atoms with Gasteiger partial charge in [0, 0.05) is 0 Å². The summed E-state index contributed by atoms with van der Waals surface area (Å²) in [5, 5.41) is 3.20. The van der Waals surface area contributed by atoms with Gasteiger partial charge in [-0.15, -0.1) is 0 Å². The van der Waals surface area contributed by atoms with E-state index in [2.05, 4.69) is 159 Å². The number of halogens is 2. The molecule has 0 saturated heterocycles. The normalized spacial score (nSPS) is 13.7. The number of benzene rings is 4. The molecule has 4 heteroatoms. The number of allylic oxidation sites excluding steroid dienone is 4. The molecule has 0 amide bonds. The number of rotatable bonds is 4. The second-order valence-electron chi connectivity index (χ2n) is 14.4. The number of hydrogen-bond donors (Lipinski definition) is 0. The van der Waals surface area contributed by atoms with Gasteiger partial charge in [0.15, 0.2) is 0 Å². The minimum absolute atomic E-state index is 0. The summed E-state index contributed by atoms with van der Waals surface area (Å²) in [5.74, 6) is 0. The third-order valence-electron chi connectivity index (χ3n) is 9.04. The maximum atomic E-state index is 2.55. The molecule has 4 aromatic carbocycles. The van der Waals surface area contributed by atoms with Gasteiger partial charge in [-0.25, -0.2) is 0 Å². The SMILES string of the molecule is Cc1cccc([Si](c2cccc(C)c2)=[Zr+2]([C]2=CC=CC2)[CH]2c3ccc(C(C)(C)C)cc3-c3cc(C(C)(C)C)ccc32)c1.[Cl-].[Cl-]. The molecule has 0 bridgehead atoms. The van der Waals surface area contributed by atoms with Crippen LogP contribution in [0.3, 0.4) is 0 Å². The van der Waals surface area contributed by atoms with Crippen molar-refractivity contribution in [3.63, 3.8) is 0 Å². The van der Waals surface area contributed by atoms with Crippen molar-refractivity contribution in [2.24, 2.45) is 0 Å². The van der Waals surface area contributed by atoms with Crippen LogP contribution < -0.4 is 35.2 Å². The molecule has 0 aliphatic heterocycles. The molecular weight excluding hydrogens is 671 g/mol. The van der Waals surface area contributed by atoms with Crippen molar-refractivity contribution in [2.45, 2.75) is 76.3 Å². The minimum Gasteiger partial charge on any atom is -1.00 e. The first kappa shape index (κ1) is 34.9. The Morgan fingerprint density at radius 2 is 1.11 bits per heavy atom. The summed E-state index contributed by atoms with van der Waals surface area (Å²) in [4.78, 5) is 0. The number of aryl methyl sites for hydroxylation is 2. The third kappa shape index (κ3) is 6.76. The van der Waals surface area contributed by atoms with Gasteiger partial charge in [-0.1, -0.05) is 0 Å². The average Bonchev–Trinajstić information content (AvgIpc) is 3.57. The Morgan fingerprint density at radius 1 is 0.636 bits per heavy atom. The molecule has 0 fully saturated rings. The quantitative estimate of drug-likeness (QED) is 0.285. The van der Waals surface area contributed by atoms with Gasteiger partial charge >= 0.3 is 263 Å². The van der Waals surface area contributed by atoms with Crippen LogP contribution in [0, 0.1) is 13.8 Å².